The van der Waals surface area contributed by atoms with Crippen molar-refractivity contribution in [3.8, 4) is 0 Å². The number of carbonyl (C=O) groups is 2. The van der Waals surface area contributed by atoms with Gasteiger partial charge in [-0.25, -0.2) is 4.98 Å². The summed E-state index contributed by atoms with van der Waals surface area (Å²) in [6.45, 7) is 4.66. The Balaban J connectivity index is 1.53. The van der Waals surface area contributed by atoms with Gasteiger partial charge in [-0.3, -0.25) is 9.59 Å². The van der Waals surface area contributed by atoms with Crippen LogP contribution in [0.2, 0.25) is 0 Å². The first-order valence-electron chi connectivity index (χ1n) is 10.4. The van der Waals surface area contributed by atoms with Crippen molar-refractivity contribution in [3.05, 3.63) is 83.0 Å². The Kier molecular flexibility index (Phi) is 5.71. The molecule has 2 aromatic carbocycles. The molecule has 1 N–H and O–H groups in total. The van der Waals surface area contributed by atoms with E-state index in [9.17, 15) is 9.59 Å². The number of nitrogens with one attached hydrogen (secondary N) is 1. The van der Waals surface area contributed by atoms with Crippen LogP contribution in [0.15, 0.2) is 60.8 Å². The zero-order valence-electron chi connectivity index (χ0n) is 18.1. The molecule has 1 aliphatic rings. The molecule has 6 heteroatoms. The molecule has 6 nitrogen and oxygen atoms in total. The third kappa shape index (κ3) is 4.14. The topological polar surface area (TPSA) is 65.5 Å². The van der Waals surface area contributed by atoms with Crippen LogP contribution in [0.4, 0.5) is 17.2 Å². The van der Waals surface area contributed by atoms with E-state index in [0.29, 0.717) is 17.9 Å². The Morgan fingerprint density at radius 1 is 1.03 bits per heavy atom. The molecular weight excluding hydrogens is 388 g/mol. The Hall–Kier alpha value is -3.67. The molecule has 0 unspecified atom stereocenters. The van der Waals surface area contributed by atoms with E-state index in [0.717, 1.165) is 28.9 Å². The molecule has 2 heterocycles. The standard InChI is InChI=1S/C25H26N4O2/c1-17-8-6-9-18(2)23(17)27-22(30)16-28(3)24-20(11-7-14-26-24)25(31)29-15-13-19-10-4-5-12-21(19)29/h4-12,14H,13,15-16H2,1-3H3,(H,27,30). The molecule has 0 bridgehead atoms. The first kappa shape index (κ1) is 20.6. The number of anilines is 3. The van der Waals surface area contributed by atoms with Crippen molar-refractivity contribution in [2.45, 2.75) is 20.3 Å². The van der Waals surface area contributed by atoms with E-state index in [1.807, 2.05) is 50.2 Å². The number of hydrogen-bond donors (Lipinski definition) is 1. The molecule has 31 heavy (non-hydrogen) atoms. The van der Waals surface area contributed by atoms with E-state index in [1.54, 1.807) is 35.2 Å². The Morgan fingerprint density at radius 3 is 2.55 bits per heavy atom. The van der Waals surface area contributed by atoms with Crippen LogP contribution in [0.1, 0.15) is 27.0 Å². The van der Waals surface area contributed by atoms with Crippen molar-refractivity contribution in [1.29, 1.82) is 0 Å². The van der Waals surface area contributed by atoms with Crippen LogP contribution in [-0.2, 0) is 11.2 Å². The smallest absolute Gasteiger partial charge is 0.262 e. The maximum Gasteiger partial charge on any atom is 0.262 e. The van der Waals surface area contributed by atoms with Crippen LogP contribution in [-0.4, -0.2) is 36.9 Å². The Bertz CT molecular complexity index is 1120. The van der Waals surface area contributed by atoms with Crippen molar-refractivity contribution >= 4 is 29.0 Å². The van der Waals surface area contributed by atoms with Crippen molar-refractivity contribution in [3.63, 3.8) is 0 Å². The normalized spacial score (nSPS) is 12.4. The summed E-state index contributed by atoms with van der Waals surface area (Å²) in [5.41, 5.74) is 5.45. The molecule has 0 radical (unpaired) electrons. The van der Waals surface area contributed by atoms with Gasteiger partial charge in [-0.1, -0.05) is 36.4 Å². The predicted octanol–water partition coefficient (Wildman–Crippen LogP) is 3.98. The molecule has 1 aromatic heterocycles. The minimum Gasteiger partial charge on any atom is -0.350 e. The molecule has 3 aromatic rings. The van der Waals surface area contributed by atoms with Gasteiger partial charge in [0, 0.05) is 31.2 Å². The number of para-hydroxylation sites is 2. The minimum atomic E-state index is -0.157. The number of aryl methyl sites for hydroxylation is 2. The highest BCUT2D eigenvalue weighted by Gasteiger charge is 2.28. The van der Waals surface area contributed by atoms with Crippen molar-refractivity contribution in [1.82, 2.24) is 4.98 Å². The summed E-state index contributed by atoms with van der Waals surface area (Å²) in [4.78, 5) is 34.0. The lowest BCUT2D eigenvalue weighted by molar-refractivity contribution is -0.114. The SMILES string of the molecule is Cc1cccc(C)c1NC(=O)CN(C)c1ncccc1C(=O)N1CCc2ccccc21. The van der Waals surface area contributed by atoms with Gasteiger partial charge in [0.1, 0.15) is 5.82 Å². The predicted molar refractivity (Wildman–Crippen MR) is 124 cm³/mol. The average Bonchev–Trinajstić information content (AvgIpc) is 3.20. The maximum absolute atomic E-state index is 13.4. The number of amides is 2. The summed E-state index contributed by atoms with van der Waals surface area (Å²) in [7, 11) is 1.78. The molecule has 0 spiro atoms. The van der Waals surface area contributed by atoms with E-state index in [2.05, 4.69) is 16.4 Å². The lowest BCUT2D eigenvalue weighted by Crippen LogP contribution is -2.34. The maximum atomic E-state index is 13.4. The highest BCUT2D eigenvalue weighted by Crippen LogP contribution is 2.30. The Morgan fingerprint density at radius 2 is 1.77 bits per heavy atom. The van der Waals surface area contributed by atoms with E-state index in [-0.39, 0.29) is 18.4 Å². The number of carbonyl (C=O) groups excluding carboxylic acids is 2. The second-order valence-corrected chi connectivity index (χ2v) is 7.88. The number of pyridine rings is 1. The fraction of sp³-hybridized carbons (Fsp3) is 0.240. The first-order valence-corrected chi connectivity index (χ1v) is 10.4. The van der Waals surface area contributed by atoms with Gasteiger partial charge in [0.2, 0.25) is 5.91 Å². The monoisotopic (exact) mass is 414 g/mol. The highest BCUT2D eigenvalue weighted by atomic mass is 16.2. The number of aromatic nitrogens is 1. The number of rotatable bonds is 5. The second kappa shape index (κ2) is 8.60. The third-order valence-electron chi connectivity index (χ3n) is 5.64. The summed E-state index contributed by atoms with van der Waals surface area (Å²) >= 11 is 0. The van der Waals surface area contributed by atoms with E-state index >= 15 is 0 Å². The molecule has 0 fully saturated rings. The molecule has 0 saturated heterocycles. The summed E-state index contributed by atoms with van der Waals surface area (Å²) < 4.78 is 0. The van der Waals surface area contributed by atoms with E-state index < -0.39 is 0 Å². The fourth-order valence-corrected chi connectivity index (χ4v) is 4.04. The quantitative estimate of drug-likeness (QED) is 0.686. The number of benzene rings is 2. The highest BCUT2D eigenvalue weighted by molar-refractivity contribution is 6.10. The number of likely N-dealkylation sites (N-methyl/N-ethyl adjacent to an activating group) is 1. The van der Waals surface area contributed by atoms with Gasteiger partial charge in [0.05, 0.1) is 12.1 Å². The van der Waals surface area contributed by atoms with Crippen LogP contribution in [0, 0.1) is 13.8 Å². The molecular formula is C25H26N4O2. The molecule has 4 rings (SSSR count). The fourth-order valence-electron chi connectivity index (χ4n) is 4.04. The Labute approximate surface area is 182 Å². The number of fused-ring (bicyclic) bond motifs is 1. The molecule has 0 saturated carbocycles. The van der Waals surface area contributed by atoms with Gasteiger partial charge in [0.15, 0.2) is 0 Å². The summed E-state index contributed by atoms with van der Waals surface area (Å²) in [6.07, 6.45) is 2.48. The molecule has 2 amide bonds. The minimum absolute atomic E-state index is 0.0850. The van der Waals surface area contributed by atoms with Gasteiger partial charge in [-0.15, -0.1) is 0 Å². The van der Waals surface area contributed by atoms with Crippen LogP contribution in [0.25, 0.3) is 0 Å². The van der Waals surface area contributed by atoms with Crippen LogP contribution in [0.5, 0.6) is 0 Å². The summed E-state index contributed by atoms with van der Waals surface area (Å²) in [6, 6.07) is 17.4. The lowest BCUT2D eigenvalue weighted by Gasteiger charge is -2.23. The van der Waals surface area contributed by atoms with Gasteiger partial charge in [0.25, 0.3) is 5.91 Å². The zero-order chi connectivity index (χ0) is 22.0. The second-order valence-electron chi connectivity index (χ2n) is 7.88. The van der Waals surface area contributed by atoms with Crippen LogP contribution >= 0.6 is 0 Å². The van der Waals surface area contributed by atoms with Gasteiger partial charge in [-0.05, 0) is 55.2 Å². The number of hydrogen-bond acceptors (Lipinski definition) is 4. The molecule has 1 aliphatic heterocycles. The van der Waals surface area contributed by atoms with Crippen molar-refractivity contribution in [2.75, 3.05) is 35.3 Å². The summed E-state index contributed by atoms with van der Waals surface area (Å²) in [5, 5.41) is 2.99. The third-order valence-corrected chi connectivity index (χ3v) is 5.64. The van der Waals surface area contributed by atoms with Gasteiger partial charge in [-0.2, -0.15) is 0 Å². The van der Waals surface area contributed by atoms with Crippen molar-refractivity contribution < 1.29 is 9.59 Å². The van der Waals surface area contributed by atoms with E-state index in [1.165, 1.54) is 5.56 Å². The van der Waals surface area contributed by atoms with Gasteiger partial charge >= 0.3 is 0 Å². The van der Waals surface area contributed by atoms with E-state index in [4.69, 9.17) is 0 Å². The van der Waals surface area contributed by atoms with Crippen LogP contribution in [0.3, 0.4) is 0 Å². The zero-order valence-corrected chi connectivity index (χ0v) is 18.1. The molecule has 0 atom stereocenters. The molecule has 158 valence electrons. The first-order chi connectivity index (χ1) is 15.0. The number of nitrogens with zero attached hydrogens (tertiary/aromatic N) is 3. The van der Waals surface area contributed by atoms with Gasteiger partial charge < -0.3 is 15.1 Å². The average molecular weight is 415 g/mol. The summed E-state index contributed by atoms with van der Waals surface area (Å²) in [5.74, 6) is 0.235. The largest absolute Gasteiger partial charge is 0.350 e. The molecule has 0 aliphatic carbocycles. The lowest BCUT2D eigenvalue weighted by atomic mass is 10.1. The van der Waals surface area contributed by atoms with Crippen LogP contribution < -0.4 is 15.1 Å². The van der Waals surface area contributed by atoms with Crippen molar-refractivity contribution in [2.24, 2.45) is 0 Å².